The topological polar surface area (TPSA) is 31.3 Å². The second kappa shape index (κ2) is 12.0. The molecule has 0 spiro atoms. The minimum absolute atomic E-state index is 0.651. The van der Waals surface area contributed by atoms with Crippen LogP contribution in [0.4, 0.5) is 0 Å². The molecule has 36 heavy (non-hydrogen) atoms. The third-order valence-corrected chi connectivity index (χ3v) is 7.75. The number of hydrazone groups is 1. The van der Waals surface area contributed by atoms with Crippen LogP contribution in [0.15, 0.2) is 64.4 Å². The van der Waals surface area contributed by atoms with Crippen LogP contribution in [0.3, 0.4) is 0 Å². The molecule has 0 amide bonds. The number of nitrogens with zero attached hydrogens (tertiary/aromatic N) is 4. The highest BCUT2D eigenvalue weighted by atomic mass is 35.5. The molecule has 2 aliphatic heterocycles. The Bertz CT molecular complexity index is 1150. The molecule has 5 nitrogen and oxygen atoms in total. The first-order valence-electron chi connectivity index (χ1n) is 12.5. The van der Waals surface area contributed by atoms with Gasteiger partial charge in [-0.05, 0) is 65.5 Å². The molecule has 2 heterocycles. The van der Waals surface area contributed by atoms with Crippen molar-refractivity contribution in [2.45, 2.75) is 19.4 Å². The lowest BCUT2D eigenvalue weighted by atomic mass is 10.1. The Morgan fingerprint density at radius 2 is 1.56 bits per heavy atom. The Morgan fingerprint density at radius 3 is 2.28 bits per heavy atom. The van der Waals surface area contributed by atoms with Crippen molar-refractivity contribution in [2.75, 3.05) is 52.5 Å². The Hall–Kier alpha value is -2.02. The van der Waals surface area contributed by atoms with Crippen LogP contribution in [-0.4, -0.2) is 73.5 Å². The van der Waals surface area contributed by atoms with E-state index in [9.17, 15) is 0 Å². The fraction of sp³-hybridized carbons (Fsp3) is 0.393. The summed E-state index contributed by atoms with van der Waals surface area (Å²) in [4.78, 5) is 4.91. The van der Waals surface area contributed by atoms with Crippen LogP contribution in [0.2, 0.25) is 15.1 Å². The van der Waals surface area contributed by atoms with Crippen LogP contribution in [0.5, 0.6) is 0 Å². The van der Waals surface area contributed by atoms with Crippen LogP contribution in [0.1, 0.15) is 24.0 Å². The second-order valence-corrected chi connectivity index (χ2v) is 10.7. The van der Waals surface area contributed by atoms with E-state index in [2.05, 4.69) is 39.2 Å². The van der Waals surface area contributed by atoms with Gasteiger partial charge in [-0.1, -0.05) is 53.0 Å². The number of halogens is 3. The number of rotatable bonds is 6. The third kappa shape index (κ3) is 6.45. The average molecular weight is 546 g/mol. The first-order valence-corrected chi connectivity index (χ1v) is 13.7. The van der Waals surface area contributed by atoms with Gasteiger partial charge in [0.2, 0.25) is 0 Å². The fourth-order valence-corrected chi connectivity index (χ4v) is 5.58. The van der Waals surface area contributed by atoms with E-state index in [1.807, 2.05) is 24.3 Å². The van der Waals surface area contributed by atoms with Crippen molar-refractivity contribution >= 4 is 47.1 Å². The predicted molar refractivity (Wildman–Crippen MR) is 150 cm³/mol. The van der Waals surface area contributed by atoms with Gasteiger partial charge >= 0.3 is 0 Å². The van der Waals surface area contributed by atoms with Gasteiger partial charge in [0.1, 0.15) is 0 Å². The van der Waals surface area contributed by atoms with Crippen LogP contribution < -0.4 is 0 Å². The van der Waals surface area contributed by atoms with E-state index >= 15 is 0 Å². The highest BCUT2D eigenvalue weighted by Gasteiger charge is 2.26. The monoisotopic (exact) mass is 544 g/mol. The maximum absolute atomic E-state index is 6.49. The molecule has 5 rings (SSSR count). The summed E-state index contributed by atoms with van der Waals surface area (Å²) in [5.41, 5.74) is 6.17. The van der Waals surface area contributed by atoms with Crippen LogP contribution >= 0.6 is 34.8 Å². The Balaban J connectivity index is 1.28. The summed E-state index contributed by atoms with van der Waals surface area (Å²) in [7, 11) is 0. The van der Waals surface area contributed by atoms with E-state index in [0.717, 1.165) is 82.5 Å². The molecular formula is C28H31Cl3N4O. The number of morpholine rings is 1. The average Bonchev–Trinajstić information content (AvgIpc) is 3.29. The maximum Gasteiger partial charge on any atom is 0.0642 e. The van der Waals surface area contributed by atoms with E-state index in [0.29, 0.717) is 10.0 Å². The molecular weight excluding hydrogens is 515 g/mol. The molecule has 2 aromatic rings. The first-order chi connectivity index (χ1) is 17.5. The van der Waals surface area contributed by atoms with Crippen molar-refractivity contribution in [1.29, 1.82) is 0 Å². The van der Waals surface area contributed by atoms with Crippen LogP contribution in [-0.2, 0) is 11.3 Å². The lowest BCUT2D eigenvalue weighted by Crippen LogP contribution is -2.43. The summed E-state index contributed by atoms with van der Waals surface area (Å²) in [5.74, 6) is 0. The van der Waals surface area contributed by atoms with E-state index in [4.69, 9.17) is 44.6 Å². The van der Waals surface area contributed by atoms with Gasteiger partial charge in [0.15, 0.2) is 0 Å². The lowest BCUT2D eigenvalue weighted by molar-refractivity contribution is 0.0548. The number of ether oxygens (including phenoxy) is 1. The molecule has 0 unspecified atom stereocenters. The number of hydrogen-bond acceptors (Lipinski definition) is 5. The quantitative estimate of drug-likeness (QED) is 0.404. The molecule has 2 aromatic carbocycles. The zero-order valence-electron chi connectivity index (χ0n) is 20.3. The lowest BCUT2D eigenvalue weighted by Gasteiger charge is -2.33. The summed E-state index contributed by atoms with van der Waals surface area (Å²) in [6, 6.07) is 13.8. The predicted octanol–water partition coefficient (Wildman–Crippen LogP) is 6.21. The van der Waals surface area contributed by atoms with Crippen molar-refractivity contribution < 1.29 is 4.74 Å². The Kier molecular flexibility index (Phi) is 8.55. The molecule has 0 radical (unpaired) electrons. The minimum Gasteiger partial charge on any atom is -0.378 e. The molecule has 0 saturated carbocycles. The maximum atomic E-state index is 6.49. The standard InChI is InChI=1S/C28H31Cl3N4O/c29-25-6-1-21(2-7-25)20-33-9-11-35(12-10-33)32-19-24-4-3-23(28(24)34-13-15-36-16-14-34)17-22-5-8-26(30)18-27(22)31/h1-2,5-8,17-19H,3-4,9-16,20H2. The molecule has 0 aromatic heterocycles. The molecule has 2 saturated heterocycles. The van der Waals surface area contributed by atoms with Crippen molar-refractivity contribution in [3.05, 3.63) is 85.5 Å². The smallest absolute Gasteiger partial charge is 0.0642 e. The minimum atomic E-state index is 0.651. The summed E-state index contributed by atoms with van der Waals surface area (Å²) < 4.78 is 5.62. The SMILES string of the molecule is Clc1ccc(CN2CCN(N=CC3=C(N4CCOCC4)C(=Cc4ccc(Cl)cc4Cl)CC3)CC2)cc1. The molecule has 3 aliphatic rings. The normalized spacial score (nSPS) is 20.8. The van der Waals surface area contributed by atoms with Crippen molar-refractivity contribution in [3.63, 3.8) is 0 Å². The largest absolute Gasteiger partial charge is 0.378 e. The van der Waals surface area contributed by atoms with Gasteiger partial charge in [-0.15, -0.1) is 0 Å². The highest BCUT2D eigenvalue weighted by Crippen LogP contribution is 2.36. The van der Waals surface area contributed by atoms with Gasteiger partial charge in [-0.25, -0.2) is 0 Å². The van der Waals surface area contributed by atoms with Crippen LogP contribution in [0, 0.1) is 0 Å². The summed E-state index contributed by atoms with van der Waals surface area (Å²) >= 11 is 18.6. The Labute approximate surface area is 228 Å². The molecule has 0 N–H and O–H groups in total. The molecule has 190 valence electrons. The van der Waals surface area contributed by atoms with E-state index in [1.165, 1.54) is 22.4 Å². The van der Waals surface area contributed by atoms with Gasteiger partial charge in [-0.3, -0.25) is 9.91 Å². The summed E-state index contributed by atoms with van der Waals surface area (Å²) in [6.45, 7) is 8.06. The van der Waals surface area contributed by atoms with Gasteiger partial charge in [-0.2, -0.15) is 5.10 Å². The molecule has 0 bridgehead atoms. The number of piperazine rings is 1. The third-order valence-electron chi connectivity index (χ3n) is 6.94. The highest BCUT2D eigenvalue weighted by molar-refractivity contribution is 6.35. The fourth-order valence-electron chi connectivity index (χ4n) is 4.99. The summed E-state index contributed by atoms with van der Waals surface area (Å²) in [5, 5.41) is 9.22. The molecule has 2 fully saturated rings. The van der Waals surface area contributed by atoms with E-state index < -0.39 is 0 Å². The molecule has 0 atom stereocenters. The number of allylic oxidation sites excluding steroid dienone is 2. The van der Waals surface area contributed by atoms with Crippen LogP contribution in [0.25, 0.3) is 6.08 Å². The van der Waals surface area contributed by atoms with Crippen molar-refractivity contribution in [3.8, 4) is 0 Å². The van der Waals surface area contributed by atoms with E-state index in [-0.39, 0.29) is 0 Å². The van der Waals surface area contributed by atoms with Crippen molar-refractivity contribution in [1.82, 2.24) is 14.8 Å². The molecule has 1 aliphatic carbocycles. The number of hydrogen-bond donors (Lipinski definition) is 0. The zero-order valence-corrected chi connectivity index (χ0v) is 22.6. The first kappa shape index (κ1) is 25.6. The van der Waals surface area contributed by atoms with Gasteiger partial charge in [0.25, 0.3) is 0 Å². The summed E-state index contributed by atoms with van der Waals surface area (Å²) in [6.07, 6.45) is 6.25. The van der Waals surface area contributed by atoms with Crippen molar-refractivity contribution in [2.24, 2.45) is 5.10 Å². The molecule has 8 heteroatoms. The number of benzene rings is 2. The Morgan fingerprint density at radius 1 is 0.833 bits per heavy atom. The second-order valence-electron chi connectivity index (χ2n) is 9.41. The van der Waals surface area contributed by atoms with Gasteiger partial charge < -0.3 is 9.64 Å². The van der Waals surface area contributed by atoms with E-state index in [1.54, 1.807) is 6.07 Å². The van der Waals surface area contributed by atoms with Gasteiger partial charge in [0.05, 0.1) is 19.4 Å². The zero-order chi connectivity index (χ0) is 24.9. The van der Waals surface area contributed by atoms with Gasteiger partial charge in [0, 0.05) is 66.6 Å².